The fourth-order valence-corrected chi connectivity index (χ4v) is 2.28. The van der Waals surface area contributed by atoms with Crippen LogP contribution in [-0.4, -0.2) is 20.2 Å². The number of carbonyl (C=O) groups is 1. The first kappa shape index (κ1) is 13.2. The van der Waals surface area contributed by atoms with Gasteiger partial charge in [0.15, 0.2) is 0 Å². The molecule has 1 aliphatic rings. The van der Waals surface area contributed by atoms with Gasteiger partial charge in [0.2, 0.25) is 0 Å². The maximum atomic E-state index is 12.0. The summed E-state index contributed by atoms with van der Waals surface area (Å²) in [5, 5.41) is 0. The predicted octanol–water partition coefficient (Wildman–Crippen LogP) is 3.37. The summed E-state index contributed by atoms with van der Waals surface area (Å²) in [7, 11) is 3.16. The smallest absolute Gasteiger partial charge is 0.348 e. The van der Waals surface area contributed by atoms with E-state index in [2.05, 4.69) is 0 Å². The van der Waals surface area contributed by atoms with Crippen molar-refractivity contribution in [3.8, 4) is 11.5 Å². The van der Waals surface area contributed by atoms with Crippen molar-refractivity contribution >= 4 is 17.8 Å². The summed E-state index contributed by atoms with van der Waals surface area (Å²) in [5.74, 6) is 1.44. The second kappa shape index (κ2) is 5.32. The van der Waals surface area contributed by atoms with Crippen LogP contribution in [0.25, 0.3) is 11.8 Å². The Hall–Kier alpha value is -2.75. The van der Waals surface area contributed by atoms with Gasteiger partial charge in [-0.15, -0.1) is 0 Å². The first-order valence-corrected chi connectivity index (χ1v) is 6.48. The quantitative estimate of drug-likeness (QED) is 0.810. The highest BCUT2D eigenvalue weighted by Crippen LogP contribution is 2.36. The lowest BCUT2D eigenvalue weighted by Gasteiger charge is -2.03. The van der Waals surface area contributed by atoms with E-state index in [1.54, 1.807) is 13.2 Å². The maximum absolute atomic E-state index is 12.0. The summed E-state index contributed by atoms with van der Waals surface area (Å²) in [6.07, 6.45) is 1.82. The molecule has 106 valence electrons. The Morgan fingerprint density at radius 1 is 1.00 bits per heavy atom. The van der Waals surface area contributed by atoms with Gasteiger partial charge in [-0.25, -0.2) is 4.79 Å². The fourth-order valence-electron chi connectivity index (χ4n) is 2.28. The lowest BCUT2D eigenvalue weighted by atomic mass is 10.1. The van der Waals surface area contributed by atoms with Crippen molar-refractivity contribution in [3.63, 3.8) is 0 Å². The average Bonchev–Trinajstić information content (AvgIpc) is 2.84. The molecule has 2 aromatic carbocycles. The second-order valence-electron chi connectivity index (χ2n) is 4.55. The molecule has 0 amide bonds. The van der Waals surface area contributed by atoms with Crippen molar-refractivity contribution in [1.29, 1.82) is 0 Å². The standard InChI is InChI=1S/C17H14O4/c1-19-12-8-6-11(7-9-12)10-15-13-4-3-5-14(20-2)16(13)17(18)21-15/h3-10H,1-2H3/b15-10-. The minimum Gasteiger partial charge on any atom is -0.497 e. The zero-order valence-corrected chi connectivity index (χ0v) is 11.8. The van der Waals surface area contributed by atoms with E-state index >= 15 is 0 Å². The average molecular weight is 282 g/mol. The van der Waals surface area contributed by atoms with Crippen molar-refractivity contribution in [2.45, 2.75) is 0 Å². The summed E-state index contributed by atoms with van der Waals surface area (Å²) in [6, 6.07) is 12.9. The van der Waals surface area contributed by atoms with Gasteiger partial charge in [0.05, 0.1) is 14.2 Å². The number of methoxy groups -OCH3 is 2. The summed E-state index contributed by atoms with van der Waals surface area (Å²) in [5.41, 5.74) is 2.14. The third-order valence-corrected chi connectivity index (χ3v) is 3.33. The molecule has 3 rings (SSSR count). The van der Waals surface area contributed by atoms with Crippen molar-refractivity contribution in [2.24, 2.45) is 0 Å². The molecule has 1 aliphatic heterocycles. The lowest BCUT2D eigenvalue weighted by Crippen LogP contribution is -1.97. The van der Waals surface area contributed by atoms with Crippen LogP contribution in [0, 0.1) is 0 Å². The topological polar surface area (TPSA) is 44.8 Å². The number of fused-ring (bicyclic) bond motifs is 1. The van der Waals surface area contributed by atoms with E-state index in [0.29, 0.717) is 17.1 Å². The van der Waals surface area contributed by atoms with E-state index in [0.717, 1.165) is 16.9 Å². The molecule has 0 radical (unpaired) electrons. The molecule has 0 fully saturated rings. The van der Waals surface area contributed by atoms with Crippen LogP contribution in [0.5, 0.6) is 11.5 Å². The fraction of sp³-hybridized carbons (Fsp3) is 0.118. The number of hydrogen-bond donors (Lipinski definition) is 0. The summed E-state index contributed by atoms with van der Waals surface area (Å²) >= 11 is 0. The van der Waals surface area contributed by atoms with Gasteiger partial charge in [-0.05, 0) is 29.8 Å². The Bertz CT molecular complexity index is 714. The molecular weight excluding hydrogens is 268 g/mol. The van der Waals surface area contributed by atoms with E-state index < -0.39 is 0 Å². The van der Waals surface area contributed by atoms with Crippen molar-refractivity contribution in [3.05, 3.63) is 59.2 Å². The first-order chi connectivity index (χ1) is 10.2. The zero-order chi connectivity index (χ0) is 14.8. The second-order valence-corrected chi connectivity index (χ2v) is 4.55. The van der Waals surface area contributed by atoms with Crippen LogP contribution in [0.3, 0.4) is 0 Å². The molecule has 2 aromatic rings. The van der Waals surface area contributed by atoms with Gasteiger partial charge in [0, 0.05) is 5.56 Å². The van der Waals surface area contributed by atoms with E-state index in [-0.39, 0.29) is 5.97 Å². The molecule has 0 saturated carbocycles. The van der Waals surface area contributed by atoms with Gasteiger partial charge in [-0.2, -0.15) is 0 Å². The SMILES string of the molecule is COc1ccc(/C=C2\OC(=O)c3c(OC)cccc32)cc1. The molecule has 0 aromatic heterocycles. The number of esters is 1. The molecule has 4 nitrogen and oxygen atoms in total. The van der Waals surface area contributed by atoms with Gasteiger partial charge in [-0.1, -0.05) is 24.3 Å². The Morgan fingerprint density at radius 3 is 2.43 bits per heavy atom. The molecular formula is C17H14O4. The highest BCUT2D eigenvalue weighted by Gasteiger charge is 2.29. The third kappa shape index (κ3) is 2.36. The number of rotatable bonds is 3. The van der Waals surface area contributed by atoms with Crippen molar-refractivity contribution in [2.75, 3.05) is 14.2 Å². The number of hydrogen-bond acceptors (Lipinski definition) is 4. The summed E-state index contributed by atoms with van der Waals surface area (Å²) in [6.45, 7) is 0. The molecule has 4 heteroatoms. The molecule has 21 heavy (non-hydrogen) atoms. The molecule has 0 unspecified atom stereocenters. The third-order valence-electron chi connectivity index (χ3n) is 3.33. The minimum atomic E-state index is -0.387. The Labute approximate surface area is 122 Å². The monoisotopic (exact) mass is 282 g/mol. The van der Waals surface area contributed by atoms with Crippen LogP contribution in [0.15, 0.2) is 42.5 Å². The van der Waals surface area contributed by atoms with E-state index in [4.69, 9.17) is 14.2 Å². The van der Waals surface area contributed by atoms with Crippen molar-refractivity contribution < 1.29 is 19.0 Å². The molecule has 0 N–H and O–H groups in total. The highest BCUT2D eigenvalue weighted by molar-refractivity contribution is 6.07. The zero-order valence-electron chi connectivity index (χ0n) is 11.8. The van der Waals surface area contributed by atoms with E-state index in [1.807, 2.05) is 42.5 Å². The summed E-state index contributed by atoms with van der Waals surface area (Å²) < 4.78 is 15.7. The van der Waals surface area contributed by atoms with Crippen LogP contribution in [0.2, 0.25) is 0 Å². The van der Waals surface area contributed by atoms with Gasteiger partial charge >= 0.3 is 5.97 Å². The molecule has 0 saturated heterocycles. The molecule has 0 aliphatic carbocycles. The van der Waals surface area contributed by atoms with Gasteiger partial charge in [-0.3, -0.25) is 0 Å². The molecule has 0 bridgehead atoms. The van der Waals surface area contributed by atoms with Gasteiger partial charge in [0.1, 0.15) is 22.8 Å². The minimum absolute atomic E-state index is 0.387. The normalized spacial score (nSPS) is 14.8. The highest BCUT2D eigenvalue weighted by atomic mass is 16.5. The van der Waals surface area contributed by atoms with E-state index in [1.165, 1.54) is 7.11 Å². The molecule has 0 spiro atoms. The number of cyclic esters (lactones) is 1. The van der Waals surface area contributed by atoms with E-state index in [9.17, 15) is 4.79 Å². The maximum Gasteiger partial charge on any atom is 0.348 e. The van der Waals surface area contributed by atoms with Crippen LogP contribution in [0.1, 0.15) is 21.5 Å². The van der Waals surface area contributed by atoms with Crippen molar-refractivity contribution in [1.82, 2.24) is 0 Å². The number of ether oxygens (including phenoxy) is 3. The number of benzene rings is 2. The number of carbonyl (C=O) groups excluding carboxylic acids is 1. The van der Waals surface area contributed by atoms with Crippen LogP contribution in [-0.2, 0) is 4.74 Å². The Balaban J connectivity index is 2.02. The Morgan fingerprint density at radius 2 is 1.76 bits per heavy atom. The summed E-state index contributed by atoms with van der Waals surface area (Å²) in [4.78, 5) is 12.0. The molecule has 0 atom stereocenters. The first-order valence-electron chi connectivity index (χ1n) is 6.48. The largest absolute Gasteiger partial charge is 0.497 e. The van der Waals surface area contributed by atoms with Crippen LogP contribution >= 0.6 is 0 Å². The molecule has 1 heterocycles. The van der Waals surface area contributed by atoms with Gasteiger partial charge < -0.3 is 14.2 Å². The lowest BCUT2D eigenvalue weighted by molar-refractivity contribution is 0.0714. The Kier molecular flexibility index (Phi) is 3.36. The van der Waals surface area contributed by atoms with Crippen LogP contribution in [0.4, 0.5) is 0 Å². The predicted molar refractivity (Wildman–Crippen MR) is 79.3 cm³/mol. The van der Waals surface area contributed by atoms with Gasteiger partial charge in [0.25, 0.3) is 0 Å². The van der Waals surface area contributed by atoms with Crippen LogP contribution < -0.4 is 9.47 Å².